The normalized spacial score (nSPS) is 23.9. The van der Waals surface area contributed by atoms with Crippen LogP contribution in [-0.4, -0.2) is 16.9 Å². The van der Waals surface area contributed by atoms with Crippen LogP contribution in [0.2, 0.25) is 0 Å². The van der Waals surface area contributed by atoms with E-state index in [1.165, 1.54) is 30.6 Å². The predicted molar refractivity (Wildman–Crippen MR) is 77.5 cm³/mol. The summed E-state index contributed by atoms with van der Waals surface area (Å²) in [6.07, 6.45) is 5.33. The lowest BCUT2D eigenvalue weighted by Crippen LogP contribution is -2.41. The maximum atomic E-state index is 12.0. The Morgan fingerprint density at radius 2 is 2.22 bits per heavy atom. The molecular weight excluding hydrogens is 264 g/mol. The van der Waals surface area contributed by atoms with Crippen molar-refractivity contribution in [2.24, 2.45) is 5.92 Å². The zero-order chi connectivity index (χ0) is 13.1. The maximum absolute atomic E-state index is 12.0. The molecule has 1 aromatic rings. The average molecular weight is 284 g/mol. The SMILES string of the molecule is Cc1[nH]c(=S)sc1CC(=O)N[C@@H]1CCCC[C@H]1C. The van der Waals surface area contributed by atoms with Crippen LogP contribution in [0.15, 0.2) is 0 Å². The smallest absolute Gasteiger partial charge is 0.225 e. The van der Waals surface area contributed by atoms with E-state index in [9.17, 15) is 4.79 Å². The Kier molecular flexibility index (Phi) is 4.56. The third-order valence-corrected chi connectivity index (χ3v) is 5.04. The second-order valence-corrected chi connectivity index (χ2v) is 6.95. The molecule has 1 saturated carbocycles. The fourth-order valence-corrected chi connectivity index (χ4v) is 3.83. The molecule has 0 radical (unpaired) electrons. The fourth-order valence-electron chi connectivity index (χ4n) is 2.54. The van der Waals surface area contributed by atoms with Crippen LogP contribution in [0.5, 0.6) is 0 Å². The van der Waals surface area contributed by atoms with Crippen LogP contribution in [0, 0.1) is 16.8 Å². The summed E-state index contributed by atoms with van der Waals surface area (Å²) in [5.41, 5.74) is 1.02. The molecule has 1 aliphatic carbocycles. The molecule has 0 unspecified atom stereocenters. The van der Waals surface area contributed by atoms with Crippen molar-refractivity contribution in [1.82, 2.24) is 10.3 Å². The van der Waals surface area contributed by atoms with Crippen molar-refractivity contribution in [3.8, 4) is 0 Å². The number of carbonyl (C=O) groups excluding carboxylic acids is 1. The summed E-state index contributed by atoms with van der Waals surface area (Å²) < 4.78 is 0.751. The van der Waals surface area contributed by atoms with Crippen LogP contribution in [0.3, 0.4) is 0 Å². The predicted octanol–water partition coefficient (Wildman–Crippen LogP) is 3.35. The summed E-state index contributed by atoms with van der Waals surface area (Å²) in [5, 5.41) is 3.17. The van der Waals surface area contributed by atoms with Gasteiger partial charge in [-0.3, -0.25) is 4.79 Å². The average Bonchev–Trinajstić information content (AvgIpc) is 2.61. The number of aromatic amines is 1. The second-order valence-electron chi connectivity index (χ2n) is 5.18. The molecular formula is C13H20N2OS2. The van der Waals surface area contributed by atoms with Gasteiger partial charge in [0.05, 0.1) is 6.42 Å². The number of carbonyl (C=O) groups is 1. The van der Waals surface area contributed by atoms with E-state index in [1.807, 2.05) is 6.92 Å². The van der Waals surface area contributed by atoms with Crippen molar-refractivity contribution in [3.05, 3.63) is 14.5 Å². The van der Waals surface area contributed by atoms with E-state index in [1.54, 1.807) is 0 Å². The Labute approximate surface area is 117 Å². The zero-order valence-electron chi connectivity index (χ0n) is 10.9. The van der Waals surface area contributed by atoms with Gasteiger partial charge in [0.1, 0.15) is 0 Å². The molecule has 2 atom stereocenters. The number of amides is 1. The molecule has 18 heavy (non-hydrogen) atoms. The van der Waals surface area contributed by atoms with E-state index >= 15 is 0 Å². The van der Waals surface area contributed by atoms with Gasteiger partial charge in [-0.15, -0.1) is 11.3 Å². The van der Waals surface area contributed by atoms with Gasteiger partial charge in [-0.2, -0.15) is 0 Å². The van der Waals surface area contributed by atoms with E-state index in [0.29, 0.717) is 18.4 Å². The molecule has 0 saturated heterocycles. The molecule has 2 N–H and O–H groups in total. The molecule has 0 aromatic carbocycles. The molecule has 1 aliphatic rings. The van der Waals surface area contributed by atoms with E-state index in [0.717, 1.165) is 20.9 Å². The van der Waals surface area contributed by atoms with Crippen molar-refractivity contribution in [1.29, 1.82) is 0 Å². The van der Waals surface area contributed by atoms with Crippen LogP contribution < -0.4 is 5.32 Å². The summed E-state index contributed by atoms with van der Waals surface area (Å²) in [6.45, 7) is 4.20. The van der Waals surface area contributed by atoms with Crippen LogP contribution >= 0.6 is 23.6 Å². The summed E-state index contributed by atoms with van der Waals surface area (Å²) in [6, 6.07) is 0.360. The van der Waals surface area contributed by atoms with Gasteiger partial charge < -0.3 is 10.3 Å². The largest absolute Gasteiger partial charge is 0.353 e. The molecule has 1 heterocycles. The van der Waals surface area contributed by atoms with Gasteiger partial charge in [0, 0.05) is 16.6 Å². The molecule has 0 spiro atoms. The van der Waals surface area contributed by atoms with E-state index in [4.69, 9.17) is 12.2 Å². The summed E-state index contributed by atoms with van der Waals surface area (Å²) in [4.78, 5) is 16.2. The highest BCUT2D eigenvalue weighted by molar-refractivity contribution is 7.73. The number of aromatic nitrogens is 1. The molecule has 3 nitrogen and oxygen atoms in total. The molecule has 2 rings (SSSR count). The van der Waals surface area contributed by atoms with E-state index in [-0.39, 0.29) is 5.91 Å². The monoisotopic (exact) mass is 284 g/mol. The Hall–Kier alpha value is -0.680. The Bertz CT molecular complexity index is 478. The first-order valence-electron chi connectivity index (χ1n) is 6.54. The first-order valence-corrected chi connectivity index (χ1v) is 7.76. The number of rotatable bonds is 3. The summed E-state index contributed by atoms with van der Waals surface area (Å²) >= 11 is 6.59. The van der Waals surface area contributed by atoms with Crippen molar-refractivity contribution in [3.63, 3.8) is 0 Å². The van der Waals surface area contributed by atoms with Gasteiger partial charge in [-0.05, 0) is 37.9 Å². The third-order valence-electron chi connectivity index (χ3n) is 3.70. The van der Waals surface area contributed by atoms with Crippen molar-refractivity contribution in [2.75, 3.05) is 0 Å². The van der Waals surface area contributed by atoms with Crippen LogP contribution in [-0.2, 0) is 11.2 Å². The quantitative estimate of drug-likeness (QED) is 0.836. The Morgan fingerprint density at radius 1 is 1.50 bits per heavy atom. The Morgan fingerprint density at radius 3 is 2.83 bits per heavy atom. The molecule has 1 aromatic heterocycles. The number of aryl methyl sites for hydroxylation is 1. The standard InChI is InChI=1S/C13H20N2OS2/c1-8-5-3-4-6-10(8)15-12(16)7-11-9(2)14-13(17)18-11/h8,10H,3-7H2,1-2H3,(H,14,17)(H,15,16)/t8-,10-/m1/s1. The minimum atomic E-state index is 0.127. The Balaban J connectivity index is 1.92. The van der Waals surface area contributed by atoms with Crippen LogP contribution in [0.1, 0.15) is 43.2 Å². The minimum absolute atomic E-state index is 0.127. The molecule has 1 amide bonds. The van der Waals surface area contributed by atoms with E-state index < -0.39 is 0 Å². The molecule has 0 bridgehead atoms. The van der Waals surface area contributed by atoms with Gasteiger partial charge in [0.2, 0.25) is 5.91 Å². The van der Waals surface area contributed by atoms with Gasteiger partial charge in [-0.25, -0.2) is 0 Å². The maximum Gasteiger partial charge on any atom is 0.225 e. The highest BCUT2D eigenvalue weighted by Crippen LogP contribution is 2.24. The van der Waals surface area contributed by atoms with Gasteiger partial charge >= 0.3 is 0 Å². The summed E-state index contributed by atoms with van der Waals surface area (Å²) in [7, 11) is 0. The van der Waals surface area contributed by atoms with E-state index in [2.05, 4.69) is 17.2 Å². The topological polar surface area (TPSA) is 44.9 Å². The molecule has 1 fully saturated rings. The highest BCUT2D eigenvalue weighted by Gasteiger charge is 2.23. The number of nitrogens with one attached hydrogen (secondary N) is 2. The number of hydrogen-bond donors (Lipinski definition) is 2. The number of thiazole rings is 1. The van der Waals surface area contributed by atoms with Crippen molar-refractivity contribution < 1.29 is 4.79 Å². The lowest BCUT2D eigenvalue weighted by atomic mass is 9.86. The lowest BCUT2D eigenvalue weighted by molar-refractivity contribution is -0.121. The fraction of sp³-hybridized carbons (Fsp3) is 0.692. The lowest BCUT2D eigenvalue weighted by Gasteiger charge is -2.29. The number of hydrogen-bond acceptors (Lipinski definition) is 3. The molecule has 100 valence electrons. The summed E-state index contributed by atoms with van der Waals surface area (Å²) in [5.74, 6) is 0.732. The zero-order valence-corrected chi connectivity index (χ0v) is 12.5. The molecule has 0 aliphatic heterocycles. The highest BCUT2D eigenvalue weighted by atomic mass is 32.1. The number of H-pyrrole nitrogens is 1. The van der Waals surface area contributed by atoms with Crippen molar-refractivity contribution in [2.45, 2.75) is 52.0 Å². The first-order chi connectivity index (χ1) is 8.56. The third kappa shape index (κ3) is 3.42. The van der Waals surface area contributed by atoms with Crippen molar-refractivity contribution >= 4 is 29.5 Å². The van der Waals surface area contributed by atoms with Crippen LogP contribution in [0.4, 0.5) is 0 Å². The van der Waals surface area contributed by atoms with Gasteiger partial charge in [0.25, 0.3) is 0 Å². The minimum Gasteiger partial charge on any atom is -0.353 e. The van der Waals surface area contributed by atoms with Gasteiger partial charge in [-0.1, -0.05) is 19.8 Å². The van der Waals surface area contributed by atoms with Crippen LogP contribution in [0.25, 0.3) is 0 Å². The molecule has 5 heteroatoms. The second kappa shape index (κ2) is 5.97. The van der Waals surface area contributed by atoms with Gasteiger partial charge in [0.15, 0.2) is 3.95 Å². The first kappa shape index (κ1) is 13.7.